The Kier molecular flexibility index (Phi) is 3.57. The van der Waals surface area contributed by atoms with Crippen LogP contribution in [-0.2, 0) is 10.0 Å². The molecule has 4 rings (SSSR count). The molecule has 0 bridgehead atoms. The molecule has 3 aromatic heterocycles. The van der Waals surface area contributed by atoms with Crippen molar-refractivity contribution in [2.75, 3.05) is 4.72 Å². The van der Waals surface area contributed by atoms with Crippen LogP contribution in [0, 0.1) is 0 Å². The molecule has 1 aliphatic carbocycles. The van der Waals surface area contributed by atoms with Gasteiger partial charge in [0.1, 0.15) is 0 Å². The number of pyridine rings is 1. The van der Waals surface area contributed by atoms with Crippen LogP contribution in [0.5, 0.6) is 0 Å². The van der Waals surface area contributed by atoms with Gasteiger partial charge in [-0.05, 0) is 37.5 Å². The lowest BCUT2D eigenvalue weighted by molar-refractivity contribution is 0.271. The van der Waals surface area contributed by atoms with Crippen LogP contribution >= 0.6 is 0 Å². The highest BCUT2D eigenvalue weighted by atomic mass is 32.2. The average Bonchev–Trinajstić information content (AvgIpc) is 3.17. The molecule has 0 radical (unpaired) electrons. The van der Waals surface area contributed by atoms with Gasteiger partial charge in [0.25, 0.3) is 10.0 Å². The van der Waals surface area contributed by atoms with E-state index in [9.17, 15) is 8.42 Å². The van der Waals surface area contributed by atoms with E-state index in [2.05, 4.69) is 19.9 Å². The zero-order valence-corrected chi connectivity index (χ0v) is 13.6. The number of rotatable bonds is 5. The lowest BCUT2D eigenvalue weighted by atomic mass is 9.93. The van der Waals surface area contributed by atoms with E-state index < -0.39 is 10.0 Å². The van der Waals surface area contributed by atoms with Crippen molar-refractivity contribution < 1.29 is 8.42 Å². The normalized spacial score (nSPS) is 15.2. The molecule has 0 saturated heterocycles. The largest absolute Gasteiger partial charge is 0.279 e. The Morgan fingerprint density at radius 2 is 2.00 bits per heavy atom. The van der Waals surface area contributed by atoms with Crippen LogP contribution in [-0.4, -0.2) is 33.0 Å². The maximum absolute atomic E-state index is 12.7. The molecule has 1 fully saturated rings. The second kappa shape index (κ2) is 5.75. The monoisotopic (exact) mass is 344 g/mol. The number of sulfonamides is 1. The van der Waals surface area contributed by atoms with E-state index in [-0.39, 0.29) is 11.1 Å². The Balaban J connectivity index is 1.63. The minimum Gasteiger partial charge on any atom is -0.278 e. The van der Waals surface area contributed by atoms with Crippen LogP contribution in [0.1, 0.15) is 25.3 Å². The van der Waals surface area contributed by atoms with Gasteiger partial charge in [-0.15, -0.1) is 0 Å². The lowest BCUT2D eigenvalue weighted by Gasteiger charge is -2.27. The number of anilines is 1. The van der Waals surface area contributed by atoms with Gasteiger partial charge in [0.15, 0.2) is 10.8 Å². The van der Waals surface area contributed by atoms with E-state index >= 15 is 0 Å². The number of nitrogens with one attached hydrogen (secondary N) is 1. The Labute approximate surface area is 139 Å². The molecule has 0 unspecified atom stereocenters. The maximum Gasteiger partial charge on any atom is 0.279 e. The molecule has 3 heterocycles. The minimum absolute atomic E-state index is 0.170. The molecular formula is C15H16N6O2S. The van der Waals surface area contributed by atoms with Crippen LogP contribution in [0.4, 0.5) is 5.69 Å². The summed E-state index contributed by atoms with van der Waals surface area (Å²) in [7, 11) is -3.71. The SMILES string of the molecule is O=S(=O)(Nc1ccnc(-n2cccn2)c1)c1ccnn1C1CCC1. The third-order valence-electron chi connectivity index (χ3n) is 4.07. The first-order valence-corrected chi connectivity index (χ1v) is 9.14. The van der Waals surface area contributed by atoms with Gasteiger partial charge in [0.2, 0.25) is 0 Å². The number of nitrogens with zero attached hydrogens (tertiary/aromatic N) is 5. The quantitative estimate of drug-likeness (QED) is 0.764. The summed E-state index contributed by atoms with van der Waals surface area (Å²) >= 11 is 0. The summed E-state index contributed by atoms with van der Waals surface area (Å²) in [6.45, 7) is 0. The van der Waals surface area contributed by atoms with Crippen LogP contribution in [0.2, 0.25) is 0 Å². The molecule has 24 heavy (non-hydrogen) atoms. The highest BCUT2D eigenvalue weighted by Gasteiger charge is 2.27. The fourth-order valence-electron chi connectivity index (χ4n) is 2.64. The first kappa shape index (κ1) is 14.9. The average molecular weight is 344 g/mol. The second-order valence-corrected chi connectivity index (χ2v) is 7.29. The molecule has 1 aliphatic rings. The third-order valence-corrected chi connectivity index (χ3v) is 5.44. The van der Waals surface area contributed by atoms with Gasteiger partial charge in [0, 0.05) is 24.7 Å². The van der Waals surface area contributed by atoms with Crippen molar-refractivity contribution >= 4 is 15.7 Å². The van der Waals surface area contributed by atoms with Gasteiger partial charge < -0.3 is 0 Å². The summed E-state index contributed by atoms with van der Waals surface area (Å²) < 4.78 is 31.2. The molecule has 124 valence electrons. The lowest BCUT2D eigenvalue weighted by Crippen LogP contribution is -2.24. The Hall–Kier alpha value is -2.68. The first-order chi connectivity index (χ1) is 11.6. The topological polar surface area (TPSA) is 94.7 Å². The number of hydrogen-bond donors (Lipinski definition) is 1. The van der Waals surface area contributed by atoms with Crippen molar-refractivity contribution in [3.63, 3.8) is 0 Å². The maximum atomic E-state index is 12.7. The molecule has 1 N–H and O–H groups in total. The van der Waals surface area contributed by atoms with Crippen LogP contribution in [0.3, 0.4) is 0 Å². The minimum atomic E-state index is -3.71. The zero-order valence-electron chi connectivity index (χ0n) is 12.8. The van der Waals surface area contributed by atoms with Gasteiger partial charge >= 0.3 is 0 Å². The standard InChI is InChI=1S/C15H16N6O2S/c22-24(23,15-6-9-18-21(15)13-3-1-4-13)19-12-5-8-16-14(11-12)20-10-2-7-17-20/h2,5-11,13H,1,3-4H2,(H,16,19). The van der Waals surface area contributed by atoms with Crippen molar-refractivity contribution in [2.24, 2.45) is 0 Å². The molecule has 8 nitrogen and oxygen atoms in total. The molecule has 0 spiro atoms. The van der Waals surface area contributed by atoms with Gasteiger partial charge in [-0.3, -0.25) is 4.72 Å². The summed E-state index contributed by atoms with van der Waals surface area (Å²) in [4.78, 5) is 4.19. The zero-order chi connectivity index (χ0) is 16.6. The van der Waals surface area contributed by atoms with E-state index in [1.54, 1.807) is 40.0 Å². The molecule has 0 aromatic carbocycles. The van der Waals surface area contributed by atoms with Crippen molar-refractivity contribution in [2.45, 2.75) is 30.3 Å². The molecular weight excluding hydrogens is 328 g/mol. The molecule has 9 heteroatoms. The summed E-state index contributed by atoms with van der Waals surface area (Å²) in [5, 5.41) is 8.45. The number of aromatic nitrogens is 5. The molecule has 3 aromatic rings. The van der Waals surface area contributed by atoms with Gasteiger partial charge in [-0.25, -0.2) is 14.3 Å². The summed E-state index contributed by atoms with van der Waals surface area (Å²) in [6.07, 6.45) is 9.47. The Morgan fingerprint density at radius 3 is 2.71 bits per heavy atom. The third kappa shape index (κ3) is 2.67. The fraction of sp³-hybridized carbons (Fsp3) is 0.267. The smallest absolute Gasteiger partial charge is 0.278 e. The van der Waals surface area contributed by atoms with Crippen LogP contribution in [0.15, 0.2) is 54.1 Å². The van der Waals surface area contributed by atoms with E-state index in [4.69, 9.17) is 0 Å². The summed E-state index contributed by atoms with van der Waals surface area (Å²) in [5.41, 5.74) is 0.428. The second-order valence-electron chi connectivity index (χ2n) is 5.66. The van der Waals surface area contributed by atoms with Crippen molar-refractivity contribution in [1.82, 2.24) is 24.5 Å². The van der Waals surface area contributed by atoms with E-state index in [1.807, 2.05) is 0 Å². The van der Waals surface area contributed by atoms with E-state index in [0.29, 0.717) is 11.5 Å². The van der Waals surface area contributed by atoms with Crippen molar-refractivity contribution in [3.05, 3.63) is 49.1 Å². The van der Waals surface area contributed by atoms with Crippen LogP contribution < -0.4 is 4.72 Å². The molecule has 1 saturated carbocycles. The van der Waals surface area contributed by atoms with Crippen molar-refractivity contribution in [3.8, 4) is 5.82 Å². The van der Waals surface area contributed by atoms with E-state index in [1.165, 1.54) is 18.5 Å². The fourth-order valence-corrected chi connectivity index (χ4v) is 3.86. The highest BCUT2D eigenvalue weighted by molar-refractivity contribution is 7.92. The summed E-state index contributed by atoms with van der Waals surface area (Å²) in [6, 6.07) is 6.71. The van der Waals surface area contributed by atoms with Gasteiger partial charge in [0.05, 0.1) is 17.9 Å². The Morgan fingerprint density at radius 1 is 1.12 bits per heavy atom. The highest BCUT2D eigenvalue weighted by Crippen LogP contribution is 2.33. The van der Waals surface area contributed by atoms with Crippen molar-refractivity contribution in [1.29, 1.82) is 0 Å². The molecule has 0 amide bonds. The molecule has 0 aliphatic heterocycles. The predicted molar refractivity (Wildman–Crippen MR) is 87.3 cm³/mol. The first-order valence-electron chi connectivity index (χ1n) is 7.66. The van der Waals surface area contributed by atoms with E-state index in [0.717, 1.165) is 19.3 Å². The van der Waals surface area contributed by atoms with Crippen LogP contribution in [0.25, 0.3) is 5.82 Å². The van der Waals surface area contributed by atoms with Gasteiger partial charge in [-0.1, -0.05) is 0 Å². The molecule has 0 atom stereocenters. The number of hydrogen-bond acceptors (Lipinski definition) is 5. The summed E-state index contributed by atoms with van der Waals surface area (Å²) in [5.74, 6) is 0.535. The predicted octanol–water partition coefficient (Wildman–Crippen LogP) is 1.99. The Bertz CT molecular complexity index is 944. The van der Waals surface area contributed by atoms with Gasteiger partial charge in [-0.2, -0.15) is 18.6 Å².